The van der Waals surface area contributed by atoms with Crippen LogP contribution in [0.2, 0.25) is 0 Å². The Labute approximate surface area is 193 Å². The van der Waals surface area contributed by atoms with Gasteiger partial charge in [0.2, 0.25) is 0 Å². The predicted molar refractivity (Wildman–Crippen MR) is 122 cm³/mol. The standard InChI is InChI=1S/C24H27N3O5S/c1-2-33(31,32)20-12-10-17(11-13-20)21(14-15-25)26-23(28)19-8-6-18(7-9-19)22-5-3-4-16-27(22)24(29)30/h6-13,21-22H,2-5,14,16H2,1H3,(H,26,28)(H,29,30)/t21-,22?/m0/s1. The van der Waals surface area contributed by atoms with Gasteiger partial charge in [-0.2, -0.15) is 5.26 Å². The highest BCUT2D eigenvalue weighted by Gasteiger charge is 2.27. The SMILES string of the molecule is CCS(=O)(=O)c1ccc([C@H](CC#N)NC(=O)c2ccc(C3CCCCN3C(=O)O)cc2)cc1. The summed E-state index contributed by atoms with van der Waals surface area (Å²) in [5.74, 6) is -0.378. The number of hydrogen-bond acceptors (Lipinski definition) is 5. The Kier molecular flexibility index (Phi) is 7.71. The van der Waals surface area contributed by atoms with Gasteiger partial charge < -0.3 is 15.3 Å². The summed E-state index contributed by atoms with van der Waals surface area (Å²) in [4.78, 5) is 26.0. The third-order valence-electron chi connectivity index (χ3n) is 5.93. The molecule has 2 amide bonds. The Hall–Kier alpha value is -3.38. The van der Waals surface area contributed by atoms with Crippen LogP contribution in [0.15, 0.2) is 53.4 Å². The third-order valence-corrected chi connectivity index (χ3v) is 7.68. The molecule has 0 aromatic heterocycles. The normalized spacial score (nSPS) is 17.1. The van der Waals surface area contributed by atoms with Crippen molar-refractivity contribution in [3.05, 3.63) is 65.2 Å². The second-order valence-electron chi connectivity index (χ2n) is 7.97. The number of carbonyl (C=O) groups excluding carboxylic acids is 1. The van der Waals surface area contributed by atoms with Crippen molar-refractivity contribution in [2.75, 3.05) is 12.3 Å². The van der Waals surface area contributed by atoms with Crippen LogP contribution in [0.3, 0.4) is 0 Å². The van der Waals surface area contributed by atoms with Gasteiger partial charge in [-0.1, -0.05) is 31.2 Å². The molecule has 1 saturated heterocycles. The first-order valence-electron chi connectivity index (χ1n) is 10.9. The van der Waals surface area contributed by atoms with Crippen molar-refractivity contribution in [1.82, 2.24) is 10.2 Å². The Morgan fingerprint density at radius 2 is 1.82 bits per heavy atom. The highest BCUT2D eigenvalue weighted by Crippen LogP contribution is 2.31. The van der Waals surface area contributed by atoms with Gasteiger partial charge in [0.1, 0.15) is 0 Å². The number of benzene rings is 2. The zero-order valence-corrected chi connectivity index (χ0v) is 19.2. The molecule has 2 N–H and O–H groups in total. The van der Waals surface area contributed by atoms with Crippen LogP contribution >= 0.6 is 0 Å². The number of hydrogen-bond donors (Lipinski definition) is 2. The molecule has 1 fully saturated rings. The molecule has 33 heavy (non-hydrogen) atoms. The van der Waals surface area contributed by atoms with Gasteiger partial charge in [-0.05, 0) is 54.7 Å². The van der Waals surface area contributed by atoms with Crippen LogP contribution in [0.4, 0.5) is 4.79 Å². The van der Waals surface area contributed by atoms with E-state index in [-0.39, 0.29) is 29.0 Å². The fourth-order valence-electron chi connectivity index (χ4n) is 4.02. The number of amides is 2. The second kappa shape index (κ2) is 10.5. The van der Waals surface area contributed by atoms with E-state index in [2.05, 4.69) is 11.4 Å². The molecule has 174 valence electrons. The number of nitriles is 1. The lowest BCUT2D eigenvalue weighted by atomic mass is 9.95. The summed E-state index contributed by atoms with van der Waals surface area (Å²) in [7, 11) is -3.33. The van der Waals surface area contributed by atoms with Crippen molar-refractivity contribution in [3.8, 4) is 6.07 Å². The van der Waals surface area contributed by atoms with Crippen molar-refractivity contribution >= 4 is 21.8 Å². The minimum atomic E-state index is -3.33. The number of carboxylic acid groups (broad SMARTS) is 1. The van der Waals surface area contributed by atoms with Crippen LogP contribution in [0, 0.1) is 11.3 Å². The summed E-state index contributed by atoms with van der Waals surface area (Å²) in [5, 5.41) is 21.5. The molecule has 2 aromatic rings. The van der Waals surface area contributed by atoms with Crippen LogP contribution in [0.25, 0.3) is 0 Å². The van der Waals surface area contributed by atoms with Crippen LogP contribution < -0.4 is 5.32 Å². The average molecular weight is 470 g/mol. The van der Waals surface area contributed by atoms with Gasteiger partial charge >= 0.3 is 6.09 Å². The number of sulfone groups is 1. The maximum Gasteiger partial charge on any atom is 0.407 e. The Morgan fingerprint density at radius 1 is 1.15 bits per heavy atom. The van der Waals surface area contributed by atoms with Gasteiger partial charge in [0.05, 0.1) is 35.2 Å². The largest absolute Gasteiger partial charge is 0.465 e. The summed E-state index contributed by atoms with van der Waals surface area (Å²) >= 11 is 0. The van der Waals surface area contributed by atoms with Crippen LogP contribution in [0.5, 0.6) is 0 Å². The molecule has 9 heteroatoms. The fourth-order valence-corrected chi connectivity index (χ4v) is 4.91. The van der Waals surface area contributed by atoms with Gasteiger partial charge in [0.25, 0.3) is 5.91 Å². The van der Waals surface area contributed by atoms with E-state index >= 15 is 0 Å². The number of rotatable bonds is 7. The van der Waals surface area contributed by atoms with Crippen LogP contribution in [0.1, 0.15) is 66.2 Å². The molecule has 0 radical (unpaired) electrons. The average Bonchev–Trinajstić information content (AvgIpc) is 2.84. The first-order chi connectivity index (χ1) is 15.8. The van der Waals surface area contributed by atoms with Gasteiger partial charge in [-0.25, -0.2) is 13.2 Å². The fraction of sp³-hybridized carbons (Fsp3) is 0.375. The zero-order chi connectivity index (χ0) is 24.0. The number of likely N-dealkylation sites (tertiary alicyclic amines) is 1. The highest BCUT2D eigenvalue weighted by molar-refractivity contribution is 7.91. The molecule has 8 nitrogen and oxygen atoms in total. The quantitative estimate of drug-likeness (QED) is 0.629. The molecule has 1 heterocycles. The zero-order valence-electron chi connectivity index (χ0n) is 18.4. The lowest BCUT2D eigenvalue weighted by Gasteiger charge is -2.33. The monoisotopic (exact) mass is 469 g/mol. The summed E-state index contributed by atoms with van der Waals surface area (Å²) in [6, 6.07) is 14.3. The first-order valence-corrected chi connectivity index (χ1v) is 12.5. The van der Waals surface area contributed by atoms with Crippen molar-refractivity contribution < 1.29 is 23.1 Å². The van der Waals surface area contributed by atoms with E-state index in [9.17, 15) is 28.4 Å². The Balaban J connectivity index is 1.74. The van der Waals surface area contributed by atoms with Gasteiger partial charge in [0, 0.05) is 12.1 Å². The molecule has 0 spiro atoms. The summed E-state index contributed by atoms with van der Waals surface area (Å²) < 4.78 is 24.0. The predicted octanol–water partition coefficient (Wildman–Crippen LogP) is 4.07. The van der Waals surface area contributed by atoms with Gasteiger partial charge in [0.15, 0.2) is 9.84 Å². The Morgan fingerprint density at radius 3 is 2.39 bits per heavy atom. The van der Waals surface area contributed by atoms with E-state index in [1.807, 2.05) is 0 Å². The number of piperidine rings is 1. The molecular formula is C24H27N3O5S. The summed E-state index contributed by atoms with van der Waals surface area (Å²) in [6.07, 6.45) is 1.61. The van der Waals surface area contributed by atoms with E-state index in [0.29, 0.717) is 17.7 Å². The van der Waals surface area contributed by atoms with Gasteiger partial charge in [-0.3, -0.25) is 4.79 Å². The maximum atomic E-state index is 12.8. The van der Waals surface area contributed by atoms with E-state index < -0.39 is 22.0 Å². The highest BCUT2D eigenvalue weighted by atomic mass is 32.2. The molecule has 1 aliphatic rings. The maximum absolute atomic E-state index is 12.8. The molecule has 2 atom stereocenters. The van der Waals surface area contributed by atoms with E-state index in [1.165, 1.54) is 17.0 Å². The Bertz CT molecular complexity index is 1140. The van der Waals surface area contributed by atoms with Crippen LogP contribution in [-0.2, 0) is 9.84 Å². The van der Waals surface area contributed by atoms with Crippen LogP contribution in [-0.4, -0.2) is 42.7 Å². The lowest BCUT2D eigenvalue weighted by Crippen LogP contribution is -2.37. The molecule has 0 bridgehead atoms. The van der Waals surface area contributed by atoms with Crippen molar-refractivity contribution in [3.63, 3.8) is 0 Å². The molecule has 1 unspecified atom stereocenters. The third kappa shape index (κ3) is 5.71. The minimum Gasteiger partial charge on any atom is -0.465 e. The van der Waals surface area contributed by atoms with Crippen molar-refractivity contribution in [1.29, 1.82) is 5.26 Å². The number of nitrogens with zero attached hydrogens (tertiary/aromatic N) is 2. The van der Waals surface area contributed by atoms with Gasteiger partial charge in [-0.15, -0.1) is 0 Å². The molecular weight excluding hydrogens is 442 g/mol. The molecule has 0 saturated carbocycles. The molecule has 3 rings (SSSR count). The minimum absolute atomic E-state index is 0.00815. The first kappa shape index (κ1) is 24.3. The molecule has 0 aliphatic carbocycles. The topological polar surface area (TPSA) is 128 Å². The number of carbonyl (C=O) groups is 2. The summed E-state index contributed by atoms with van der Waals surface area (Å²) in [5.41, 5.74) is 1.87. The van der Waals surface area contributed by atoms with Crippen molar-refractivity contribution in [2.24, 2.45) is 0 Å². The van der Waals surface area contributed by atoms with E-state index in [4.69, 9.17) is 0 Å². The molecule has 2 aromatic carbocycles. The second-order valence-corrected chi connectivity index (χ2v) is 10.2. The number of nitrogens with one attached hydrogen (secondary N) is 1. The summed E-state index contributed by atoms with van der Waals surface area (Å²) in [6.45, 7) is 2.07. The van der Waals surface area contributed by atoms with Crippen molar-refractivity contribution in [2.45, 2.75) is 49.6 Å². The smallest absolute Gasteiger partial charge is 0.407 e. The molecule has 1 aliphatic heterocycles. The van der Waals surface area contributed by atoms with E-state index in [0.717, 1.165) is 24.8 Å². The lowest BCUT2D eigenvalue weighted by molar-refractivity contribution is 0.0935. The van der Waals surface area contributed by atoms with E-state index in [1.54, 1.807) is 43.3 Å².